The van der Waals surface area contributed by atoms with Gasteiger partial charge in [0.05, 0.1) is 23.7 Å². The van der Waals surface area contributed by atoms with E-state index in [2.05, 4.69) is 21.2 Å². The first kappa shape index (κ1) is 27.3. The van der Waals surface area contributed by atoms with Crippen LogP contribution in [0, 0.1) is 5.92 Å². The lowest BCUT2D eigenvalue weighted by molar-refractivity contribution is -0.122. The van der Waals surface area contributed by atoms with Crippen molar-refractivity contribution in [3.05, 3.63) is 97.4 Å². The number of carbonyl (C=O) groups is 3. The number of thioether (sulfide) groups is 1. The number of phenols is 1. The summed E-state index contributed by atoms with van der Waals surface area (Å²) in [7, 11) is 1.54. The maximum atomic E-state index is 14.0. The smallest absolute Gasteiger partial charge is 0.308 e. The van der Waals surface area contributed by atoms with E-state index >= 15 is 0 Å². The maximum Gasteiger partial charge on any atom is 0.308 e. The van der Waals surface area contributed by atoms with Gasteiger partial charge in [0, 0.05) is 21.0 Å². The number of ether oxygens (including phenoxy) is 1. The van der Waals surface area contributed by atoms with Crippen LogP contribution in [0.3, 0.4) is 0 Å². The molecule has 0 radical (unpaired) electrons. The van der Waals surface area contributed by atoms with E-state index in [0.29, 0.717) is 27.0 Å². The van der Waals surface area contributed by atoms with Crippen molar-refractivity contribution >= 4 is 68.1 Å². The number of aromatic hydroxyl groups is 1. The summed E-state index contributed by atoms with van der Waals surface area (Å²) < 4.78 is 7.40. The molecule has 9 nitrogen and oxygen atoms in total. The first-order chi connectivity index (χ1) is 19.7. The summed E-state index contributed by atoms with van der Waals surface area (Å²) in [5, 5.41) is 12.0. The average molecular weight is 653 g/mol. The second kappa shape index (κ2) is 10.8. The molecule has 3 unspecified atom stereocenters. The van der Waals surface area contributed by atoms with Crippen molar-refractivity contribution in [2.75, 3.05) is 17.3 Å². The van der Waals surface area contributed by atoms with Gasteiger partial charge in [-0.05, 0) is 66.2 Å². The minimum absolute atomic E-state index is 0.0649. The molecule has 1 aromatic heterocycles. The van der Waals surface area contributed by atoms with E-state index < -0.39 is 23.0 Å². The molecule has 3 heterocycles. The SMILES string of the molecule is COc1ccc(N2C(=O)C3Sc4c(sc(=O)n4CC(=O)Nc4ccc(O)cc4)C(c4cccc(Br)c4)C3C2=O)cc1. The van der Waals surface area contributed by atoms with Crippen LogP contribution in [-0.2, 0) is 20.9 Å². The van der Waals surface area contributed by atoms with Crippen molar-refractivity contribution in [3.8, 4) is 11.5 Å². The molecule has 0 bridgehead atoms. The molecule has 0 aliphatic carbocycles. The van der Waals surface area contributed by atoms with Gasteiger partial charge in [0.25, 0.3) is 0 Å². The van der Waals surface area contributed by atoms with E-state index in [1.807, 2.05) is 24.3 Å². The number of amides is 3. The molecule has 2 aliphatic heterocycles. The predicted octanol–water partition coefficient (Wildman–Crippen LogP) is 4.82. The van der Waals surface area contributed by atoms with Gasteiger partial charge >= 0.3 is 4.87 Å². The van der Waals surface area contributed by atoms with Crippen molar-refractivity contribution in [3.63, 3.8) is 0 Å². The average Bonchev–Trinajstić information content (AvgIpc) is 3.40. The molecule has 208 valence electrons. The van der Waals surface area contributed by atoms with Crippen LogP contribution in [0.1, 0.15) is 16.4 Å². The van der Waals surface area contributed by atoms with Crippen LogP contribution in [0.4, 0.5) is 11.4 Å². The molecule has 3 amide bonds. The molecule has 0 spiro atoms. The number of carbonyl (C=O) groups excluding carboxylic acids is 3. The summed E-state index contributed by atoms with van der Waals surface area (Å²) in [5.74, 6) is -1.79. The van der Waals surface area contributed by atoms with Crippen LogP contribution < -0.4 is 19.8 Å². The Balaban J connectivity index is 1.40. The number of hydrogen-bond donors (Lipinski definition) is 2. The summed E-state index contributed by atoms with van der Waals surface area (Å²) >= 11 is 5.65. The zero-order chi connectivity index (χ0) is 28.8. The number of rotatable bonds is 6. The third-order valence-corrected chi connectivity index (χ3v) is 10.1. The molecule has 3 atom stereocenters. The zero-order valence-corrected chi connectivity index (χ0v) is 24.7. The second-order valence-electron chi connectivity index (χ2n) is 9.53. The van der Waals surface area contributed by atoms with Crippen LogP contribution >= 0.6 is 39.0 Å². The standard InChI is InChI=1S/C29H22BrN3O6S2/c1-39-20-11-7-18(8-12-20)33-26(36)23-22(15-3-2-4-16(30)13-15)25-28(40-24(23)27(33)37)32(29(38)41-25)14-21(35)31-17-5-9-19(34)10-6-17/h2-13,22-24,34H,14H2,1H3,(H,31,35). The quantitative estimate of drug-likeness (QED) is 0.227. The number of halogens is 1. The highest BCUT2D eigenvalue weighted by molar-refractivity contribution is 9.10. The number of phenolic OH excluding ortho intramolecular Hbond substituents is 1. The van der Waals surface area contributed by atoms with Crippen LogP contribution in [-0.4, -0.2) is 39.8 Å². The van der Waals surface area contributed by atoms with E-state index in [-0.39, 0.29) is 29.0 Å². The number of imide groups is 1. The number of benzene rings is 3. The summed E-state index contributed by atoms with van der Waals surface area (Å²) in [5.41, 5.74) is 1.70. The fraction of sp³-hybridized carbons (Fsp3) is 0.172. The zero-order valence-electron chi connectivity index (χ0n) is 21.4. The van der Waals surface area contributed by atoms with Gasteiger partial charge in [-0.3, -0.25) is 23.7 Å². The molecule has 3 aromatic carbocycles. The normalized spacial score (nSPS) is 19.6. The van der Waals surface area contributed by atoms with Crippen molar-refractivity contribution in [1.82, 2.24) is 4.57 Å². The molecule has 41 heavy (non-hydrogen) atoms. The molecule has 1 saturated heterocycles. The number of methoxy groups -OCH3 is 1. The highest BCUT2D eigenvalue weighted by Crippen LogP contribution is 2.54. The fourth-order valence-electron chi connectivity index (χ4n) is 5.19. The fourth-order valence-corrected chi connectivity index (χ4v) is 8.38. The highest BCUT2D eigenvalue weighted by atomic mass is 79.9. The van der Waals surface area contributed by atoms with Gasteiger partial charge < -0.3 is 15.2 Å². The first-order valence-corrected chi connectivity index (χ1v) is 15.0. The van der Waals surface area contributed by atoms with Crippen LogP contribution in [0.15, 0.2) is 87.1 Å². The molecule has 1 fully saturated rings. The van der Waals surface area contributed by atoms with Crippen LogP contribution in [0.25, 0.3) is 0 Å². The lowest BCUT2D eigenvalue weighted by Crippen LogP contribution is -2.33. The van der Waals surface area contributed by atoms with Crippen molar-refractivity contribution in [2.24, 2.45) is 5.92 Å². The third-order valence-electron chi connectivity index (χ3n) is 7.04. The molecule has 2 aliphatic rings. The van der Waals surface area contributed by atoms with Gasteiger partial charge in [0.1, 0.15) is 23.3 Å². The number of nitrogens with one attached hydrogen (secondary N) is 1. The Labute approximate surface area is 250 Å². The number of anilines is 2. The van der Waals surface area contributed by atoms with Gasteiger partial charge in [-0.25, -0.2) is 4.90 Å². The van der Waals surface area contributed by atoms with Crippen molar-refractivity contribution < 1.29 is 24.2 Å². The Morgan fingerprint density at radius 1 is 1.02 bits per heavy atom. The lowest BCUT2D eigenvalue weighted by atomic mass is 9.83. The van der Waals surface area contributed by atoms with E-state index in [4.69, 9.17) is 4.74 Å². The Bertz CT molecular complexity index is 1730. The van der Waals surface area contributed by atoms with Gasteiger partial charge in [0.2, 0.25) is 17.7 Å². The lowest BCUT2D eigenvalue weighted by Gasteiger charge is -2.30. The first-order valence-electron chi connectivity index (χ1n) is 12.5. The molecule has 2 N–H and O–H groups in total. The van der Waals surface area contributed by atoms with E-state index in [0.717, 1.165) is 33.1 Å². The summed E-state index contributed by atoms with van der Waals surface area (Å²) in [6.45, 7) is -0.272. The molecular formula is C29H22BrN3O6S2. The molecule has 6 rings (SSSR count). The minimum Gasteiger partial charge on any atom is -0.508 e. The predicted molar refractivity (Wildman–Crippen MR) is 160 cm³/mol. The monoisotopic (exact) mass is 651 g/mol. The molecular weight excluding hydrogens is 630 g/mol. The number of aromatic nitrogens is 1. The Morgan fingerprint density at radius 3 is 2.44 bits per heavy atom. The Morgan fingerprint density at radius 2 is 1.76 bits per heavy atom. The minimum atomic E-state index is -0.790. The van der Waals surface area contributed by atoms with Crippen LogP contribution in [0.2, 0.25) is 0 Å². The number of fused-ring (bicyclic) bond motifs is 2. The van der Waals surface area contributed by atoms with Gasteiger partial charge in [-0.1, -0.05) is 51.2 Å². The third kappa shape index (κ3) is 4.96. The van der Waals surface area contributed by atoms with Crippen molar-refractivity contribution in [1.29, 1.82) is 0 Å². The van der Waals surface area contributed by atoms with E-state index in [1.165, 1.54) is 28.7 Å². The van der Waals surface area contributed by atoms with Crippen molar-refractivity contribution in [2.45, 2.75) is 22.7 Å². The summed E-state index contributed by atoms with van der Waals surface area (Å²) in [6, 6.07) is 20.2. The van der Waals surface area contributed by atoms with Crippen LogP contribution in [0.5, 0.6) is 11.5 Å². The van der Waals surface area contributed by atoms with Gasteiger partial charge in [0.15, 0.2) is 0 Å². The van der Waals surface area contributed by atoms with E-state index in [9.17, 15) is 24.3 Å². The topological polar surface area (TPSA) is 118 Å². The second-order valence-corrected chi connectivity index (χ2v) is 12.6. The number of thiazole rings is 1. The Kier molecular flexibility index (Phi) is 7.22. The van der Waals surface area contributed by atoms with Gasteiger partial charge in [-0.15, -0.1) is 0 Å². The summed E-state index contributed by atoms with van der Waals surface area (Å²) in [6.07, 6.45) is 0. The highest BCUT2D eigenvalue weighted by Gasteiger charge is 2.56. The molecule has 0 saturated carbocycles. The maximum absolute atomic E-state index is 14.0. The van der Waals surface area contributed by atoms with E-state index in [1.54, 1.807) is 36.4 Å². The largest absolute Gasteiger partial charge is 0.508 e. The number of nitrogens with zero attached hydrogens (tertiary/aromatic N) is 2. The summed E-state index contributed by atoms with van der Waals surface area (Å²) in [4.78, 5) is 55.5. The number of hydrogen-bond acceptors (Lipinski definition) is 8. The van der Waals surface area contributed by atoms with Gasteiger partial charge in [-0.2, -0.15) is 0 Å². The molecule has 12 heteroatoms. The molecule has 4 aromatic rings. The Hall–Kier alpha value is -3.87.